The molecule has 0 spiro atoms. The van der Waals surface area contributed by atoms with Crippen molar-refractivity contribution in [3.05, 3.63) is 84.2 Å². The summed E-state index contributed by atoms with van der Waals surface area (Å²) in [6, 6.07) is 20.2. The van der Waals surface area contributed by atoms with Crippen molar-refractivity contribution in [1.82, 2.24) is 25.6 Å². The first-order chi connectivity index (χ1) is 17.1. The molecule has 3 aromatic carbocycles. The number of rotatable bonds is 6. The highest BCUT2D eigenvalue weighted by Gasteiger charge is 2.20. The summed E-state index contributed by atoms with van der Waals surface area (Å²) in [7, 11) is 0. The van der Waals surface area contributed by atoms with Crippen LogP contribution in [0.1, 0.15) is 10.4 Å². The van der Waals surface area contributed by atoms with Crippen molar-refractivity contribution in [3.8, 4) is 28.6 Å². The lowest BCUT2D eigenvalue weighted by Gasteiger charge is -2.11. The molecule has 0 saturated heterocycles. The Balaban J connectivity index is 1.27. The van der Waals surface area contributed by atoms with Gasteiger partial charge in [0.15, 0.2) is 22.5 Å². The van der Waals surface area contributed by atoms with Crippen molar-refractivity contribution in [2.75, 3.05) is 12.5 Å². The van der Waals surface area contributed by atoms with E-state index in [4.69, 9.17) is 9.47 Å². The van der Waals surface area contributed by atoms with Gasteiger partial charge >= 0.3 is 0 Å². The molecule has 1 aliphatic heterocycles. The number of hydrogen-bond donors (Lipinski definition) is 2. The molecule has 0 atom stereocenters. The van der Waals surface area contributed by atoms with Crippen molar-refractivity contribution in [1.29, 1.82) is 0 Å². The van der Waals surface area contributed by atoms with E-state index >= 15 is 0 Å². The minimum atomic E-state index is -0.504. The summed E-state index contributed by atoms with van der Waals surface area (Å²) in [4.78, 5) is 24.8. The molecule has 11 heteroatoms. The number of hydrogen-bond acceptors (Lipinski definition) is 7. The summed E-state index contributed by atoms with van der Waals surface area (Å²) < 4.78 is 26.6. The van der Waals surface area contributed by atoms with E-state index in [0.717, 1.165) is 17.4 Å². The van der Waals surface area contributed by atoms with E-state index in [0.29, 0.717) is 28.0 Å². The van der Waals surface area contributed by atoms with Crippen LogP contribution in [0.3, 0.4) is 0 Å². The zero-order valence-electron chi connectivity index (χ0n) is 18.1. The first-order valence-electron chi connectivity index (χ1n) is 10.5. The molecule has 0 aliphatic carbocycles. The predicted octanol–water partition coefficient (Wildman–Crippen LogP) is 3.36. The topological polar surface area (TPSA) is 107 Å². The fourth-order valence-corrected chi connectivity index (χ4v) is 4.14. The smallest absolute Gasteiger partial charge is 0.269 e. The molecule has 1 aromatic heterocycles. The van der Waals surface area contributed by atoms with E-state index in [-0.39, 0.29) is 18.1 Å². The number of hydrazine groups is 1. The number of nitrogens with zero attached hydrogens (tertiary/aromatic N) is 3. The number of thioether (sulfide) groups is 1. The second-order valence-corrected chi connectivity index (χ2v) is 8.26. The molecule has 9 nitrogen and oxygen atoms in total. The van der Waals surface area contributed by atoms with Gasteiger partial charge in [0.05, 0.1) is 11.3 Å². The fourth-order valence-electron chi connectivity index (χ4n) is 3.39. The number of nitrogens with one attached hydrogen (secondary N) is 2. The Morgan fingerprint density at radius 3 is 2.54 bits per heavy atom. The quantitative estimate of drug-likeness (QED) is 0.315. The number of ether oxygens (including phenoxy) is 2. The molecule has 1 aliphatic rings. The Kier molecular flexibility index (Phi) is 6.31. The Hall–Kier alpha value is -4.38. The summed E-state index contributed by atoms with van der Waals surface area (Å²) in [6.45, 7) is 0.0978. The molecule has 2 heterocycles. The first-order valence-corrected chi connectivity index (χ1v) is 11.5. The van der Waals surface area contributed by atoms with Gasteiger partial charge in [-0.05, 0) is 42.5 Å². The highest BCUT2D eigenvalue weighted by molar-refractivity contribution is 7.99. The standard InChI is InChI=1S/C24H18FN5O4S/c25-18-9-5-4-8-17(18)22-27-29-24(30(22)16-6-2-1-3-7-16)35-13-21(31)26-28-23(32)15-10-11-19-20(12-15)34-14-33-19/h1-12H,13-14H2,(H,26,31)(H,28,32). The molecule has 176 valence electrons. The van der Waals surface area contributed by atoms with Gasteiger partial charge in [-0.25, -0.2) is 4.39 Å². The van der Waals surface area contributed by atoms with Crippen LogP contribution in [0, 0.1) is 5.82 Å². The van der Waals surface area contributed by atoms with Gasteiger partial charge in [-0.2, -0.15) is 0 Å². The van der Waals surface area contributed by atoms with Gasteiger partial charge in [0.25, 0.3) is 5.91 Å². The maximum absolute atomic E-state index is 14.5. The van der Waals surface area contributed by atoms with Crippen molar-refractivity contribution >= 4 is 23.6 Å². The molecule has 0 fully saturated rings. The third-order valence-electron chi connectivity index (χ3n) is 5.05. The van der Waals surface area contributed by atoms with E-state index < -0.39 is 17.6 Å². The second kappa shape index (κ2) is 9.85. The number of carbonyl (C=O) groups is 2. The van der Waals surface area contributed by atoms with Crippen LogP contribution in [0.5, 0.6) is 11.5 Å². The largest absolute Gasteiger partial charge is 0.454 e. The monoisotopic (exact) mass is 491 g/mol. The van der Waals surface area contributed by atoms with Crippen molar-refractivity contribution in [2.24, 2.45) is 0 Å². The number of amides is 2. The Bertz CT molecular complexity index is 1400. The molecular formula is C24H18FN5O4S. The van der Waals surface area contributed by atoms with Crippen LogP contribution in [-0.2, 0) is 4.79 Å². The van der Waals surface area contributed by atoms with Gasteiger partial charge < -0.3 is 9.47 Å². The number of aromatic nitrogens is 3. The Morgan fingerprint density at radius 1 is 0.943 bits per heavy atom. The zero-order valence-corrected chi connectivity index (χ0v) is 18.9. The van der Waals surface area contributed by atoms with E-state index in [1.165, 1.54) is 12.1 Å². The molecule has 4 aromatic rings. The van der Waals surface area contributed by atoms with Crippen LogP contribution in [-0.4, -0.2) is 39.1 Å². The third kappa shape index (κ3) is 4.80. The number of fused-ring (bicyclic) bond motifs is 1. The van der Waals surface area contributed by atoms with E-state index in [1.54, 1.807) is 34.9 Å². The minimum Gasteiger partial charge on any atom is -0.454 e. The average Bonchev–Trinajstić information content (AvgIpc) is 3.53. The number of benzene rings is 3. The molecule has 35 heavy (non-hydrogen) atoms. The average molecular weight is 492 g/mol. The van der Waals surface area contributed by atoms with Crippen LogP contribution >= 0.6 is 11.8 Å². The zero-order chi connectivity index (χ0) is 24.2. The highest BCUT2D eigenvalue weighted by Crippen LogP contribution is 2.32. The molecule has 0 bridgehead atoms. The minimum absolute atomic E-state index is 0.0658. The maximum atomic E-state index is 14.5. The summed E-state index contributed by atoms with van der Waals surface area (Å²) in [5.74, 6) is -0.130. The van der Waals surface area contributed by atoms with Gasteiger partial charge in [0.2, 0.25) is 12.7 Å². The molecule has 2 N–H and O–H groups in total. The van der Waals surface area contributed by atoms with Gasteiger partial charge in [-0.1, -0.05) is 42.1 Å². The predicted molar refractivity (Wildman–Crippen MR) is 126 cm³/mol. The number of halogens is 1. The second-order valence-electron chi connectivity index (χ2n) is 7.32. The van der Waals surface area contributed by atoms with Gasteiger partial charge in [0, 0.05) is 11.3 Å². The summed E-state index contributed by atoms with van der Waals surface area (Å²) in [6.07, 6.45) is 0. The molecule has 2 amide bonds. The maximum Gasteiger partial charge on any atom is 0.269 e. The molecular weight excluding hydrogens is 473 g/mol. The Morgan fingerprint density at radius 2 is 1.71 bits per heavy atom. The van der Waals surface area contributed by atoms with E-state index in [2.05, 4.69) is 21.0 Å². The van der Waals surface area contributed by atoms with E-state index in [1.807, 2.05) is 30.3 Å². The van der Waals surface area contributed by atoms with Gasteiger partial charge in [0.1, 0.15) is 5.82 Å². The summed E-state index contributed by atoms with van der Waals surface area (Å²) in [5, 5.41) is 8.74. The molecule has 0 radical (unpaired) electrons. The molecule has 5 rings (SSSR count). The van der Waals surface area contributed by atoms with Crippen molar-refractivity contribution < 1.29 is 23.5 Å². The first kappa shape index (κ1) is 22.4. The van der Waals surface area contributed by atoms with Gasteiger partial charge in [-0.3, -0.25) is 25.0 Å². The number of carbonyl (C=O) groups excluding carboxylic acids is 2. The summed E-state index contributed by atoms with van der Waals surface area (Å²) in [5.41, 5.74) is 6.06. The molecule has 0 saturated carbocycles. The third-order valence-corrected chi connectivity index (χ3v) is 5.97. The van der Waals surface area contributed by atoms with Gasteiger partial charge in [-0.15, -0.1) is 10.2 Å². The lowest BCUT2D eigenvalue weighted by Crippen LogP contribution is -2.42. The SMILES string of the molecule is O=C(CSc1nnc(-c2ccccc2F)n1-c1ccccc1)NNC(=O)c1ccc2c(c1)OCO2. The normalized spacial score (nSPS) is 11.8. The lowest BCUT2D eigenvalue weighted by molar-refractivity contribution is -0.119. The van der Waals surface area contributed by atoms with E-state index in [9.17, 15) is 14.0 Å². The Labute approximate surface area is 203 Å². The number of para-hydroxylation sites is 1. The van der Waals surface area contributed by atoms with Crippen molar-refractivity contribution in [3.63, 3.8) is 0 Å². The lowest BCUT2D eigenvalue weighted by atomic mass is 10.2. The van der Waals surface area contributed by atoms with Crippen LogP contribution in [0.25, 0.3) is 17.1 Å². The van der Waals surface area contributed by atoms with Crippen LogP contribution < -0.4 is 20.3 Å². The fraction of sp³-hybridized carbons (Fsp3) is 0.0833. The van der Waals surface area contributed by atoms with Crippen LogP contribution in [0.2, 0.25) is 0 Å². The highest BCUT2D eigenvalue weighted by atomic mass is 32.2. The van der Waals surface area contributed by atoms with Crippen LogP contribution in [0.4, 0.5) is 4.39 Å². The molecule has 0 unspecified atom stereocenters. The van der Waals surface area contributed by atoms with Crippen LogP contribution in [0.15, 0.2) is 78.0 Å². The summed E-state index contributed by atoms with van der Waals surface area (Å²) >= 11 is 1.10. The van der Waals surface area contributed by atoms with Crippen molar-refractivity contribution in [2.45, 2.75) is 5.16 Å².